The maximum atomic E-state index is 12.3. The molecule has 9 heavy (non-hydrogen) atoms. The molecule has 0 aromatic heterocycles. The van der Waals surface area contributed by atoms with Gasteiger partial charge in [-0.15, -0.1) is 9.60 Å². The highest BCUT2D eigenvalue weighted by molar-refractivity contribution is 4.65. The summed E-state index contributed by atoms with van der Waals surface area (Å²) in [5, 5.41) is 0.923. The van der Waals surface area contributed by atoms with Crippen LogP contribution in [-0.2, 0) is 0 Å². The van der Waals surface area contributed by atoms with E-state index in [0.717, 1.165) is 23.9 Å². The Morgan fingerprint density at radius 1 is 1.44 bits per heavy atom. The molecule has 0 aliphatic carbocycles. The summed E-state index contributed by atoms with van der Waals surface area (Å²) in [6.45, 7) is 3.48. The lowest BCUT2D eigenvalue weighted by molar-refractivity contribution is -0.00903. The molecule has 0 N–H and O–H groups in total. The molecular formula is C7H14FN. The fourth-order valence-corrected chi connectivity index (χ4v) is 1.31. The summed E-state index contributed by atoms with van der Waals surface area (Å²) in [5.41, 5.74) is 0. The standard InChI is InChI=1S/C7H14FN/c1-2-7-3-5-9(8)6-4-7/h7H,2-6H2,1H3. The van der Waals surface area contributed by atoms with E-state index in [1.165, 1.54) is 6.42 Å². The lowest BCUT2D eigenvalue weighted by Crippen LogP contribution is -2.26. The molecule has 0 aromatic rings. The molecule has 54 valence electrons. The monoisotopic (exact) mass is 131 g/mol. The maximum Gasteiger partial charge on any atom is 0.0293 e. The van der Waals surface area contributed by atoms with E-state index in [1.807, 2.05) is 0 Å². The first kappa shape index (κ1) is 7.00. The molecular weight excluding hydrogens is 117 g/mol. The van der Waals surface area contributed by atoms with Crippen molar-refractivity contribution in [2.75, 3.05) is 13.1 Å². The Balaban J connectivity index is 2.18. The third kappa shape index (κ3) is 1.94. The first-order valence-electron chi connectivity index (χ1n) is 3.73. The van der Waals surface area contributed by atoms with Gasteiger partial charge in [-0.25, -0.2) is 0 Å². The van der Waals surface area contributed by atoms with Crippen LogP contribution in [0.2, 0.25) is 0 Å². The summed E-state index contributed by atoms with van der Waals surface area (Å²) in [6.07, 6.45) is 3.31. The normalized spacial score (nSPS) is 24.7. The highest BCUT2D eigenvalue weighted by Crippen LogP contribution is 2.19. The number of piperidine rings is 1. The van der Waals surface area contributed by atoms with Crippen molar-refractivity contribution >= 4 is 0 Å². The summed E-state index contributed by atoms with van der Waals surface area (Å²) in [5.74, 6) is 0.789. The molecule has 1 fully saturated rings. The molecule has 0 atom stereocenters. The predicted octanol–water partition coefficient (Wildman–Crippen LogP) is 1.99. The molecule has 0 saturated carbocycles. The third-order valence-electron chi connectivity index (χ3n) is 2.14. The summed E-state index contributed by atoms with van der Waals surface area (Å²) in [6, 6.07) is 0. The molecule has 1 aliphatic heterocycles. The predicted molar refractivity (Wildman–Crippen MR) is 35.7 cm³/mol. The van der Waals surface area contributed by atoms with Crippen LogP contribution in [0.3, 0.4) is 0 Å². The summed E-state index contributed by atoms with van der Waals surface area (Å²) in [4.78, 5) is 0. The maximum absolute atomic E-state index is 12.3. The molecule has 0 unspecified atom stereocenters. The number of rotatable bonds is 1. The van der Waals surface area contributed by atoms with Gasteiger partial charge in [-0.2, -0.15) is 0 Å². The van der Waals surface area contributed by atoms with Crippen LogP contribution >= 0.6 is 0 Å². The zero-order valence-electron chi connectivity index (χ0n) is 5.94. The van der Waals surface area contributed by atoms with Gasteiger partial charge in [0, 0.05) is 13.1 Å². The van der Waals surface area contributed by atoms with E-state index in [9.17, 15) is 4.48 Å². The molecule has 1 nitrogen and oxygen atoms in total. The molecule has 0 radical (unpaired) electrons. The summed E-state index contributed by atoms with van der Waals surface area (Å²) in [7, 11) is 0. The largest absolute Gasteiger partial charge is 0.146 e. The molecule has 0 aromatic carbocycles. The van der Waals surface area contributed by atoms with Gasteiger partial charge >= 0.3 is 0 Å². The topological polar surface area (TPSA) is 3.24 Å². The Hall–Kier alpha value is -0.110. The van der Waals surface area contributed by atoms with Gasteiger partial charge < -0.3 is 0 Å². The van der Waals surface area contributed by atoms with Crippen LogP contribution in [-0.4, -0.2) is 18.2 Å². The van der Waals surface area contributed by atoms with E-state index in [0.29, 0.717) is 13.1 Å². The van der Waals surface area contributed by atoms with Crippen LogP contribution in [0.5, 0.6) is 0 Å². The van der Waals surface area contributed by atoms with Crippen LogP contribution in [0.25, 0.3) is 0 Å². The first-order valence-corrected chi connectivity index (χ1v) is 3.73. The molecule has 1 saturated heterocycles. The second-order valence-corrected chi connectivity index (χ2v) is 2.76. The van der Waals surface area contributed by atoms with Gasteiger partial charge in [0.25, 0.3) is 0 Å². The van der Waals surface area contributed by atoms with Crippen molar-refractivity contribution in [2.45, 2.75) is 26.2 Å². The van der Waals surface area contributed by atoms with Crippen LogP contribution < -0.4 is 0 Å². The molecule has 2 heteroatoms. The van der Waals surface area contributed by atoms with Gasteiger partial charge in [0.2, 0.25) is 0 Å². The lowest BCUT2D eigenvalue weighted by atomic mass is 9.96. The van der Waals surface area contributed by atoms with Gasteiger partial charge in [-0.3, -0.25) is 0 Å². The summed E-state index contributed by atoms with van der Waals surface area (Å²) < 4.78 is 12.3. The zero-order valence-corrected chi connectivity index (χ0v) is 5.94. The molecule has 1 aliphatic rings. The first-order chi connectivity index (χ1) is 4.33. The Labute approximate surface area is 55.8 Å². The minimum atomic E-state index is 0.651. The van der Waals surface area contributed by atoms with Crippen LogP contribution in [0.1, 0.15) is 26.2 Å². The van der Waals surface area contributed by atoms with Gasteiger partial charge in [-0.1, -0.05) is 13.3 Å². The van der Waals surface area contributed by atoms with Gasteiger partial charge in [0.1, 0.15) is 0 Å². The molecule has 0 amide bonds. The number of halogens is 1. The number of nitrogens with zero attached hydrogens (tertiary/aromatic N) is 1. The smallest absolute Gasteiger partial charge is 0.0293 e. The van der Waals surface area contributed by atoms with Crippen molar-refractivity contribution in [3.05, 3.63) is 0 Å². The van der Waals surface area contributed by atoms with Crippen molar-refractivity contribution in [3.63, 3.8) is 0 Å². The van der Waals surface area contributed by atoms with Crippen molar-refractivity contribution < 1.29 is 4.48 Å². The molecule has 1 rings (SSSR count). The van der Waals surface area contributed by atoms with Gasteiger partial charge in [0.15, 0.2) is 0 Å². The second kappa shape index (κ2) is 3.16. The Morgan fingerprint density at radius 2 is 2.00 bits per heavy atom. The fraction of sp³-hybridized carbons (Fsp3) is 1.00. The zero-order chi connectivity index (χ0) is 6.69. The van der Waals surface area contributed by atoms with Crippen molar-refractivity contribution in [2.24, 2.45) is 5.92 Å². The van der Waals surface area contributed by atoms with Crippen LogP contribution in [0, 0.1) is 5.92 Å². The Kier molecular flexibility index (Phi) is 2.46. The van der Waals surface area contributed by atoms with Gasteiger partial charge in [-0.05, 0) is 18.8 Å². The summed E-state index contributed by atoms with van der Waals surface area (Å²) >= 11 is 0. The van der Waals surface area contributed by atoms with Crippen molar-refractivity contribution in [1.82, 2.24) is 5.12 Å². The Morgan fingerprint density at radius 3 is 2.44 bits per heavy atom. The molecule has 0 bridgehead atoms. The average molecular weight is 131 g/mol. The quantitative estimate of drug-likeness (QED) is 0.492. The average Bonchev–Trinajstić information content (AvgIpc) is 1.90. The van der Waals surface area contributed by atoms with Gasteiger partial charge in [0.05, 0.1) is 0 Å². The molecule has 0 spiro atoms. The number of hydrogen-bond acceptors (Lipinski definition) is 1. The van der Waals surface area contributed by atoms with E-state index >= 15 is 0 Å². The van der Waals surface area contributed by atoms with E-state index < -0.39 is 0 Å². The van der Waals surface area contributed by atoms with E-state index in [2.05, 4.69) is 6.92 Å². The minimum absolute atomic E-state index is 0.651. The van der Waals surface area contributed by atoms with E-state index in [-0.39, 0.29) is 0 Å². The lowest BCUT2D eigenvalue weighted by Gasteiger charge is -2.24. The van der Waals surface area contributed by atoms with Crippen molar-refractivity contribution in [3.8, 4) is 0 Å². The number of hydrogen-bond donors (Lipinski definition) is 0. The van der Waals surface area contributed by atoms with E-state index in [1.54, 1.807) is 0 Å². The molecule has 1 heterocycles. The minimum Gasteiger partial charge on any atom is -0.146 e. The Bertz CT molecular complexity index is 77.0. The fourth-order valence-electron chi connectivity index (χ4n) is 1.31. The highest BCUT2D eigenvalue weighted by Gasteiger charge is 2.16. The SMILES string of the molecule is CCC1CCN(F)CC1. The third-order valence-corrected chi connectivity index (χ3v) is 2.14. The van der Waals surface area contributed by atoms with Crippen LogP contribution in [0.4, 0.5) is 4.48 Å². The second-order valence-electron chi connectivity index (χ2n) is 2.76. The van der Waals surface area contributed by atoms with Crippen molar-refractivity contribution in [1.29, 1.82) is 0 Å². The highest BCUT2D eigenvalue weighted by atomic mass is 19.2. The van der Waals surface area contributed by atoms with E-state index in [4.69, 9.17) is 0 Å². The van der Waals surface area contributed by atoms with Crippen LogP contribution in [0.15, 0.2) is 0 Å².